The predicted molar refractivity (Wildman–Crippen MR) is 139 cm³/mol. The second-order valence-corrected chi connectivity index (χ2v) is 9.08. The minimum atomic E-state index is -0.646. The largest absolute Gasteiger partial charge is 0.497 e. The first-order valence-corrected chi connectivity index (χ1v) is 12.6. The van der Waals surface area contributed by atoms with Crippen LogP contribution in [0.5, 0.6) is 5.75 Å². The molecule has 196 valence electrons. The molecule has 2 aromatic carbocycles. The number of methoxy groups -OCH3 is 1. The second kappa shape index (κ2) is 11.9. The zero-order valence-electron chi connectivity index (χ0n) is 21.6. The molecule has 2 aliphatic rings. The predicted octanol–water partition coefficient (Wildman–Crippen LogP) is 3.06. The van der Waals surface area contributed by atoms with Crippen molar-refractivity contribution in [3.63, 3.8) is 0 Å². The summed E-state index contributed by atoms with van der Waals surface area (Å²) in [5.74, 6) is 0.243. The molecule has 0 bridgehead atoms. The molecule has 1 N–H and O–H groups in total. The van der Waals surface area contributed by atoms with Crippen LogP contribution in [-0.4, -0.2) is 86.1 Å². The molecule has 9 heteroatoms. The van der Waals surface area contributed by atoms with E-state index in [1.165, 1.54) is 4.90 Å². The fourth-order valence-electron chi connectivity index (χ4n) is 4.75. The van der Waals surface area contributed by atoms with Gasteiger partial charge in [-0.3, -0.25) is 14.6 Å². The molecule has 0 radical (unpaired) electrons. The van der Waals surface area contributed by atoms with Crippen LogP contribution in [0.2, 0.25) is 0 Å². The standard InChI is InChI=1S/C28H34N4O5/c1-4-37-27(34)24-23(30(2)28(35)29-25(24)20-11-13-22(36-3)14-12-20)19-31-15-8-16-32(18-17-31)26(33)21-9-6-5-7-10-21/h5-7,9-14,25H,4,8,15-19H2,1-3H3,(H,29,35)/t25-/m1/s1. The fourth-order valence-corrected chi connectivity index (χ4v) is 4.75. The van der Waals surface area contributed by atoms with Gasteiger partial charge in [0.15, 0.2) is 0 Å². The summed E-state index contributed by atoms with van der Waals surface area (Å²) in [6, 6.07) is 15.6. The molecule has 1 fully saturated rings. The molecule has 2 aromatic rings. The normalized spacial score (nSPS) is 18.8. The number of amides is 3. The van der Waals surface area contributed by atoms with Crippen molar-refractivity contribution in [2.75, 3.05) is 53.5 Å². The summed E-state index contributed by atoms with van der Waals surface area (Å²) in [5.41, 5.74) is 2.45. The number of ether oxygens (including phenoxy) is 2. The molecule has 3 amide bonds. The average molecular weight is 507 g/mol. The van der Waals surface area contributed by atoms with Gasteiger partial charge in [0.25, 0.3) is 5.91 Å². The van der Waals surface area contributed by atoms with Crippen LogP contribution in [0.1, 0.15) is 35.3 Å². The molecule has 2 heterocycles. The Balaban J connectivity index is 1.59. The van der Waals surface area contributed by atoms with E-state index >= 15 is 0 Å². The molecule has 4 rings (SSSR count). The summed E-state index contributed by atoms with van der Waals surface area (Å²) in [6.07, 6.45) is 0.790. The lowest BCUT2D eigenvalue weighted by Crippen LogP contribution is -2.49. The van der Waals surface area contributed by atoms with Crippen LogP contribution in [0.15, 0.2) is 65.9 Å². The van der Waals surface area contributed by atoms with Crippen molar-refractivity contribution >= 4 is 17.9 Å². The van der Waals surface area contributed by atoms with Gasteiger partial charge in [-0.1, -0.05) is 30.3 Å². The van der Waals surface area contributed by atoms with E-state index in [0.29, 0.717) is 48.8 Å². The molecule has 0 aliphatic carbocycles. The van der Waals surface area contributed by atoms with Crippen molar-refractivity contribution in [3.8, 4) is 5.75 Å². The first-order chi connectivity index (χ1) is 17.9. The molecule has 0 saturated carbocycles. The molecule has 2 aliphatic heterocycles. The third-order valence-corrected chi connectivity index (χ3v) is 6.79. The van der Waals surface area contributed by atoms with Gasteiger partial charge in [-0.05, 0) is 43.2 Å². The average Bonchev–Trinajstić information content (AvgIpc) is 3.17. The van der Waals surface area contributed by atoms with Crippen LogP contribution in [0, 0.1) is 0 Å². The molecule has 0 unspecified atom stereocenters. The molecule has 1 saturated heterocycles. The van der Waals surface area contributed by atoms with Crippen molar-refractivity contribution in [1.82, 2.24) is 20.0 Å². The van der Waals surface area contributed by atoms with E-state index in [0.717, 1.165) is 18.5 Å². The van der Waals surface area contributed by atoms with Crippen molar-refractivity contribution in [1.29, 1.82) is 0 Å². The molecule has 0 spiro atoms. The summed E-state index contributed by atoms with van der Waals surface area (Å²) in [4.78, 5) is 44.7. The van der Waals surface area contributed by atoms with E-state index in [1.807, 2.05) is 47.4 Å². The number of nitrogens with one attached hydrogen (secondary N) is 1. The van der Waals surface area contributed by atoms with Crippen molar-refractivity contribution < 1.29 is 23.9 Å². The van der Waals surface area contributed by atoms with E-state index in [9.17, 15) is 14.4 Å². The number of carbonyl (C=O) groups excluding carboxylic acids is 3. The summed E-state index contributed by atoms with van der Waals surface area (Å²) < 4.78 is 10.7. The maximum atomic E-state index is 13.2. The number of nitrogens with zero attached hydrogens (tertiary/aromatic N) is 3. The smallest absolute Gasteiger partial charge is 0.338 e. The Morgan fingerprint density at radius 2 is 1.73 bits per heavy atom. The number of urea groups is 1. The summed E-state index contributed by atoms with van der Waals surface area (Å²) in [5, 5.41) is 2.95. The quantitative estimate of drug-likeness (QED) is 0.581. The van der Waals surface area contributed by atoms with E-state index in [2.05, 4.69) is 10.2 Å². The van der Waals surface area contributed by atoms with E-state index in [-0.39, 0.29) is 18.5 Å². The van der Waals surface area contributed by atoms with Crippen molar-refractivity contribution in [3.05, 3.63) is 77.0 Å². The Morgan fingerprint density at radius 1 is 1.00 bits per heavy atom. The molecule has 37 heavy (non-hydrogen) atoms. The first kappa shape index (κ1) is 26.2. The lowest BCUT2D eigenvalue weighted by atomic mass is 9.94. The van der Waals surface area contributed by atoms with E-state index < -0.39 is 12.0 Å². The lowest BCUT2D eigenvalue weighted by molar-refractivity contribution is -0.139. The van der Waals surface area contributed by atoms with Crippen molar-refractivity contribution in [2.24, 2.45) is 0 Å². The zero-order chi connectivity index (χ0) is 26.4. The third-order valence-electron chi connectivity index (χ3n) is 6.79. The Hall–Kier alpha value is -3.85. The van der Waals surface area contributed by atoms with Crippen LogP contribution in [0.4, 0.5) is 4.79 Å². The van der Waals surface area contributed by atoms with Crippen LogP contribution in [-0.2, 0) is 9.53 Å². The number of hydrogen-bond acceptors (Lipinski definition) is 6. The molecular formula is C28H34N4O5. The van der Waals surface area contributed by atoms with Gasteiger partial charge in [0.05, 0.1) is 25.3 Å². The Bertz CT molecular complexity index is 1150. The van der Waals surface area contributed by atoms with Gasteiger partial charge in [-0.2, -0.15) is 0 Å². The van der Waals surface area contributed by atoms with Gasteiger partial charge in [-0.25, -0.2) is 9.59 Å². The molecule has 1 atom stereocenters. The SMILES string of the molecule is CCOC(=O)C1=C(CN2CCCN(C(=O)c3ccccc3)CC2)N(C)C(=O)N[C@@H]1c1ccc(OC)cc1. The summed E-state index contributed by atoms with van der Waals surface area (Å²) in [6.45, 7) is 4.95. The highest BCUT2D eigenvalue weighted by Crippen LogP contribution is 2.32. The number of hydrogen-bond donors (Lipinski definition) is 1. The van der Waals surface area contributed by atoms with Gasteiger partial charge in [0, 0.05) is 51.0 Å². The first-order valence-electron chi connectivity index (χ1n) is 12.6. The number of rotatable bonds is 7. The van der Waals surface area contributed by atoms with Crippen LogP contribution in [0.25, 0.3) is 0 Å². The highest BCUT2D eigenvalue weighted by molar-refractivity contribution is 5.95. The van der Waals surface area contributed by atoms with Gasteiger partial charge in [0.1, 0.15) is 5.75 Å². The van der Waals surface area contributed by atoms with Crippen LogP contribution in [0.3, 0.4) is 0 Å². The molecule has 0 aromatic heterocycles. The van der Waals surface area contributed by atoms with Crippen molar-refractivity contribution in [2.45, 2.75) is 19.4 Å². The monoisotopic (exact) mass is 506 g/mol. The van der Waals surface area contributed by atoms with Crippen LogP contribution < -0.4 is 10.1 Å². The fraction of sp³-hybridized carbons (Fsp3) is 0.393. The third kappa shape index (κ3) is 5.94. The number of esters is 1. The second-order valence-electron chi connectivity index (χ2n) is 9.08. The van der Waals surface area contributed by atoms with Gasteiger partial charge >= 0.3 is 12.0 Å². The van der Waals surface area contributed by atoms with Gasteiger partial charge in [0.2, 0.25) is 0 Å². The van der Waals surface area contributed by atoms with E-state index in [1.54, 1.807) is 33.2 Å². The molecular weight excluding hydrogens is 472 g/mol. The minimum absolute atomic E-state index is 0.0163. The Labute approximate surface area is 217 Å². The highest BCUT2D eigenvalue weighted by Gasteiger charge is 2.37. The zero-order valence-corrected chi connectivity index (χ0v) is 21.6. The Kier molecular flexibility index (Phi) is 8.45. The number of benzene rings is 2. The summed E-state index contributed by atoms with van der Waals surface area (Å²) >= 11 is 0. The summed E-state index contributed by atoms with van der Waals surface area (Å²) in [7, 11) is 3.25. The van der Waals surface area contributed by atoms with Crippen LogP contribution >= 0.6 is 0 Å². The maximum absolute atomic E-state index is 13.2. The number of carbonyl (C=O) groups is 3. The molecule has 9 nitrogen and oxygen atoms in total. The highest BCUT2D eigenvalue weighted by atomic mass is 16.5. The maximum Gasteiger partial charge on any atom is 0.338 e. The number of likely N-dealkylation sites (N-methyl/N-ethyl adjacent to an activating group) is 1. The Morgan fingerprint density at radius 3 is 2.41 bits per heavy atom. The van der Waals surface area contributed by atoms with E-state index in [4.69, 9.17) is 9.47 Å². The lowest BCUT2D eigenvalue weighted by Gasteiger charge is -2.36. The van der Waals surface area contributed by atoms with Gasteiger partial charge < -0.3 is 19.7 Å². The topological polar surface area (TPSA) is 91.4 Å². The minimum Gasteiger partial charge on any atom is -0.497 e. The van der Waals surface area contributed by atoms with Gasteiger partial charge in [-0.15, -0.1) is 0 Å².